The number of aromatic nitrogens is 2. The van der Waals surface area contributed by atoms with Gasteiger partial charge in [0.25, 0.3) is 0 Å². The minimum Gasteiger partial charge on any atom is -0.480 e. The van der Waals surface area contributed by atoms with Crippen molar-refractivity contribution >= 4 is 29.7 Å². The summed E-state index contributed by atoms with van der Waals surface area (Å²) < 4.78 is 0. The molecule has 0 spiro atoms. The first kappa shape index (κ1) is 33.3. The summed E-state index contributed by atoms with van der Waals surface area (Å²) in [5, 5.41) is 17.5. The fourth-order valence-corrected chi connectivity index (χ4v) is 3.75. The van der Waals surface area contributed by atoms with Gasteiger partial charge in [0.1, 0.15) is 18.1 Å². The highest BCUT2D eigenvalue weighted by atomic mass is 16.4. The molecule has 0 aliphatic heterocycles. The number of unbranched alkanes of at least 4 members (excludes halogenated alkanes) is 1. The van der Waals surface area contributed by atoms with E-state index in [0.29, 0.717) is 50.9 Å². The number of rotatable bonds is 19. The number of hydrogen-bond acceptors (Lipinski definition) is 8. The SMILES string of the molecule is CC(C)CC(NC(=O)C(N)CCCN=C(N)N)C(=O)NC(CCCCN)C(=O)NC(Cc1cnc[nH]1)C(=O)O. The number of amides is 3. The second kappa shape index (κ2) is 17.7. The van der Waals surface area contributed by atoms with Crippen LogP contribution in [0.3, 0.4) is 0 Å². The van der Waals surface area contributed by atoms with Crippen LogP contribution in [0.5, 0.6) is 0 Å². The van der Waals surface area contributed by atoms with E-state index in [0.717, 1.165) is 0 Å². The standard InChI is InChI=1S/C24H44N10O5/c1-14(2)10-18(33-20(35)16(26)6-5-9-30-24(27)28)22(37)32-17(7-3-4-8-25)21(36)34-19(23(38)39)11-15-12-29-13-31-15/h12-14,16-19H,3-11,25-26H2,1-2H3,(H,29,31)(H,32,37)(H,33,35)(H,34,36)(H,38,39)(H4,27,28,30). The zero-order chi connectivity index (χ0) is 29.4. The number of nitrogens with one attached hydrogen (secondary N) is 4. The summed E-state index contributed by atoms with van der Waals surface area (Å²) in [6.45, 7) is 4.49. The van der Waals surface area contributed by atoms with Crippen molar-refractivity contribution < 1.29 is 24.3 Å². The zero-order valence-electron chi connectivity index (χ0n) is 22.7. The number of nitrogens with two attached hydrogens (primary N) is 4. The van der Waals surface area contributed by atoms with Crippen LogP contribution >= 0.6 is 0 Å². The van der Waals surface area contributed by atoms with Crippen LogP contribution in [0, 0.1) is 5.92 Å². The normalized spacial score (nSPS) is 14.1. The van der Waals surface area contributed by atoms with Crippen LogP contribution in [0.1, 0.15) is 58.1 Å². The fraction of sp³-hybridized carbons (Fsp3) is 0.667. The Bertz CT molecular complexity index is 934. The molecule has 3 amide bonds. The smallest absolute Gasteiger partial charge is 0.326 e. The number of aliphatic imine (C=N–C) groups is 1. The predicted octanol–water partition coefficient (Wildman–Crippen LogP) is -1.95. The van der Waals surface area contributed by atoms with E-state index >= 15 is 0 Å². The fourth-order valence-electron chi connectivity index (χ4n) is 3.75. The van der Waals surface area contributed by atoms with Gasteiger partial charge in [0.15, 0.2) is 5.96 Å². The molecule has 39 heavy (non-hydrogen) atoms. The maximum Gasteiger partial charge on any atom is 0.326 e. The molecule has 0 fully saturated rings. The van der Waals surface area contributed by atoms with Gasteiger partial charge in [0.2, 0.25) is 17.7 Å². The summed E-state index contributed by atoms with van der Waals surface area (Å²) in [6, 6.07) is -4.11. The lowest BCUT2D eigenvalue weighted by atomic mass is 10.0. The Balaban J connectivity index is 2.92. The quantitative estimate of drug-likeness (QED) is 0.0519. The number of carboxylic acids is 1. The number of hydrogen-bond donors (Lipinski definition) is 9. The Morgan fingerprint density at radius 3 is 2.18 bits per heavy atom. The number of imidazole rings is 1. The first-order chi connectivity index (χ1) is 18.4. The Hall–Kier alpha value is -3.72. The molecule has 0 aliphatic rings. The molecule has 0 bridgehead atoms. The third-order valence-corrected chi connectivity index (χ3v) is 5.82. The molecule has 15 nitrogen and oxygen atoms in total. The van der Waals surface area contributed by atoms with Crippen LogP contribution in [-0.4, -0.2) is 82.0 Å². The Morgan fingerprint density at radius 1 is 0.974 bits per heavy atom. The summed E-state index contributed by atoms with van der Waals surface area (Å²) in [5.74, 6) is -2.99. The van der Waals surface area contributed by atoms with Gasteiger partial charge in [0.05, 0.1) is 12.4 Å². The van der Waals surface area contributed by atoms with E-state index in [-0.39, 0.29) is 24.7 Å². The summed E-state index contributed by atoms with van der Waals surface area (Å²) in [4.78, 5) is 61.3. The molecule has 0 radical (unpaired) electrons. The van der Waals surface area contributed by atoms with Crippen molar-refractivity contribution in [2.75, 3.05) is 13.1 Å². The van der Waals surface area contributed by atoms with E-state index in [2.05, 4.69) is 30.9 Å². The van der Waals surface area contributed by atoms with Gasteiger partial charge < -0.3 is 49.0 Å². The average molecular weight is 553 g/mol. The summed E-state index contributed by atoms with van der Waals surface area (Å²) in [6.07, 6.45) is 5.29. The molecular formula is C24H44N10O5. The van der Waals surface area contributed by atoms with Crippen LogP contribution < -0.4 is 38.9 Å². The van der Waals surface area contributed by atoms with Gasteiger partial charge in [-0.2, -0.15) is 0 Å². The molecule has 1 aromatic heterocycles. The molecule has 1 aromatic rings. The minimum absolute atomic E-state index is 0.0162. The van der Waals surface area contributed by atoms with Crippen LogP contribution in [0.2, 0.25) is 0 Å². The van der Waals surface area contributed by atoms with Gasteiger partial charge >= 0.3 is 5.97 Å². The maximum absolute atomic E-state index is 13.2. The lowest BCUT2D eigenvalue weighted by Crippen LogP contribution is -2.57. The highest BCUT2D eigenvalue weighted by molar-refractivity contribution is 5.94. The van der Waals surface area contributed by atoms with Crippen molar-refractivity contribution in [2.45, 2.75) is 83.0 Å². The molecule has 0 saturated heterocycles. The Morgan fingerprint density at radius 2 is 1.62 bits per heavy atom. The van der Waals surface area contributed by atoms with Gasteiger partial charge in [-0.3, -0.25) is 19.4 Å². The van der Waals surface area contributed by atoms with Crippen LogP contribution in [0.4, 0.5) is 0 Å². The van der Waals surface area contributed by atoms with Crippen molar-refractivity contribution in [1.29, 1.82) is 0 Å². The molecule has 13 N–H and O–H groups in total. The van der Waals surface area contributed by atoms with E-state index in [9.17, 15) is 24.3 Å². The van der Waals surface area contributed by atoms with Crippen molar-refractivity contribution in [3.63, 3.8) is 0 Å². The number of guanidine groups is 1. The molecule has 0 aliphatic carbocycles. The lowest BCUT2D eigenvalue weighted by Gasteiger charge is -2.26. The highest BCUT2D eigenvalue weighted by Crippen LogP contribution is 2.09. The van der Waals surface area contributed by atoms with E-state index in [1.54, 1.807) is 0 Å². The second-order valence-corrected chi connectivity index (χ2v) is 9.77. The summed E-state index contributed by atoms with van der Waals surface area (Å²) >= 11 is 0. The monoisotopic (exact) mass is 552 g/mol. The zero-order valence-corrected chi connectivity index (χ0v) is 22.7. The molecular weight excluding hydrogens is 508 g/mol. The first-order valence-electron chi connectivity index (χ1n) is 13.1. The second-order valence-electron chi connectivity index (χ2n) is 9.77. The third-order valence-electron chi connectivity index (χ3n) is 5.82. The number of H-pyrrole nitrogens is 1. The predicted molar refractivity (Wildman–Crippen MR) is 146 cm³/mol. The van der Waals surface area contributed by atoms with E-state index in [4.69, 9.17) is 22.9 Å². The third kappa shape index (κ3) is 13.6. The summed E-state index contributed by atoms with van der Waals surface area (Å²) in [7, 11) is 0. The molecule has 15 heteroatoms. The average Bonchev–Trinajstić information content (AvgIpc) is 3.37. The van der Waals surface area contributed by atoms with Crippen LogP contribution in [0.25, 0.3) is 0 Å². The molecule has 1 heterocycles. The molecule has 0 aromatic carbocycles. The van der Waals surface area contributed by atoms with E-state index in [1.165, 1.54) is 12.5 Å². The van der Waals surface area contributed by atoms with Crippen molar-refractivity contribution in [3.05, 3.63) is 18.2 Å². The molecule has 1 rings (SSSR count). The van der Waals surface area contributed by atoms with Gasteiger partial charge in [-0.05, 0) is 51.0 Å². The van der Waals surface area contributed by atoms with Crippen LogP contribution in [-0.2, 0) is 25.6 Å². The molecule has 4 atom stereocenters. The largest absolute Gasteiger partial charge is 0.480 e. The first-order valence-corrected chi connectivity index (χ1v) is 13.1. The number of aromatic amines is 1. The topological polar surface area (TPSA) is 270 Å². The number of aliphatic carboxylic acids is 1. The Labute approximate surface area is 228 Å². The molecule has 220 valence electrons. The summed E-state index contributed by atoms with van der Waals surface area (Å²) in [5.41, 5.74) is 22.7. The number of carbonyl (C=O) groups excluding carboxylic acids is 3. The number of carbonyl (C=O) groups is 4. The molecule has 0 saturated carbocycles. The molecule has 4 unspecified atom stereocenters. The van der Waals surface area contributed by atoms with Gasteiger partial charge in [-0.25, -0.2) is 9.78 Å². The van der Waals surface area contributed by atoms with Crippen molar-refractivity contribution in [3.8, 4) is 0 Å². The van der Waals surface area contributed by atoms with Gasteiger partial charge in [-0.1, -0.05) is 13.8 Å². The van der Waals surface area contributed by atoms with Crippen molar-refractivity contribution in [2.24, 2.45) is 33.8 Å². The van der Waals surface area contributed by atoms with Crippen LogP contribution in [0.15, 0.2) is 17.5 Å². The van der Waals surface area contributed by atoms with Crippen molar-refractivity contribution in [1.82, 2.24) is 25.9 Å². The minimum atomic E-state index is -1.24. The van der Waals surface area contributed by atoms with E-state index in [1.807, 2.05) is 13.8 Å². The maximum atomic E-state index is 13.2. The van der Waals surface area contributed by atoms with E-state index < -0.39 is 47.9 Å². The lowest BCUT2D eigenvalue weighted by molar-refractivity contribution is -0.142. The number of nitrogens with zero attached hydrogens (tertiary/aromatic N) is 2. The highest BCUT2D eigenvalue weighted by Gasteiger charge is 2.30. The van der Waals surface area contributed by atoms with Gasteiger partial charge in [-0.15, -0.1) is 0 Å². The number of carboxylic acid groups (broad SMARTS) is 1. The Kier molecular flexibility index (Phi) is 15.1. The van der Waals surface area contributed by atoms with Gasteiger partial charge in [0, 0.05) is 24.9 Å².